The van der Waals surface area contributed by atoms with Gasteiger partial charge in [0.2, 0.25) is 0 Å². The summed E-state index contributed by atoms with van der Waals surface area (Å²) in [5.41, 5.74) is -0.263. The third-order valence-electron chi connectivity index (χ3n) is 2.80. The average molecular weight is 334 g/mol. The zero-order valence-corrected chi connectivity index (χ0v) is 11.5. The van der Waals surface area contributed by atoms with Crippen molar-refractivity contribution in [3.8, 4) is 6.07 Å². The Morgan fingerprint density at radius 3 is 2.45 bits per heavy atom. The molecule has 9 heteroatoms. The second-order valence-electron chi connectivity index (χ2n) is 4.38. The van der Waals surface area contributed by atoms with Crippen molar-refractivity contribution in [1.82, 2.24) is 4.57 Å². The van der Waals surface area contributed by atoms with E-state index in [0.29, 0.717) is 0 Å². The fourth-order valence-electron chi connectivity index (χ4n) is 1.67. The molecule has 0 aliphatic carbocycles. The minimum Gasteiger partial charge on any atom is -0.311 e. The smallest absolute Gasteiger partial charge is 0.311 e. The van der Waals surface area contributed by atoms with Gasteiger partial charge < -0.3 is 4.57 Å². The predicted octanol–water partition coefficient (Wildman–Crippen LogP) is 3.48. The number of aromatic nitrogens is 1. The molecular formula is C13H7F5N2OS. The number of alkyl halides is 5. The van der Waals surface area contributed by atoms with Crippen molar-refractivity contribution >= 4 is 11.3 Å². The van der Waals surface area contributed by atoms with Crippen LogP contribution in [0.1, 0.15) is 16.0 Å². The Bertz CT molecular complexity index is 785. The van der Waals surface area contributed by atoms with Crippen LogP contribution in [0, 0.1) is 11.3 Å². The highest BCUT2D eigenvalue weighted by Gasteiger charge is 2.59. The van der Waals surface area contributed by atoms with Crippen LogP contribution >= 0.6 is 11.3 Å². The zero-order valence-electron chi connectivity index (χ0n) is 10.7. The van der Waals surface area contributed by atoms with Crippen molar-refractivity contribution in [3.63, 3.8) is 0 Å². The van der Waals surface area contributed by atoms with Gasteiger partial charge in [-0.15, -0.1) is 11.3 Å². The Morgan fingerprint density at radius 2 is 1.91 bits per heavy atom. The Labute approximate surface area is 124 Å². The summed E-state index contributed by atoms with van der Waals surface area (Å²) in [5, 5.41) is 9.76. The van der Waals surface area contributed by atoms with Gasteiger partial charge in [-0.3, -0.25) is 4.79 Å². The van der Waals surface area contributed by atoms with Crippen LogP contribution in [-0.2, 0) is 12.5 Å². The molecule has 3 nitrogen and oxygen atoms in total. The first-order chi connectivity index (χ1) is 10.1. The molecule has 0 aliphatic rings. The highest BCUT2D eigenvalue weighted by Crippen LogP contribution is 2.46. The van der Waals surface area contributed by atoms with Crippen LogP contribution < -0.4 is 5.56 Å². The maximum atomic E-state index is 13.2. The number of nitrogens with zero attached hydrogens (tertiary/aromatic N) is 2. The summed E-state index contributed by atoms with van der Waals surface area (Å²) < 4.78 is 64.3. The number of hydrogen-bond acceptors (Lipinski definition) is 3. The number of thiophene rings is 1. The summed E-state index contributed by atoms with van der Waals surface area (Å²) in [5.74, 6) is -4.93. The summed E-state index contributed by atoms with van der Waals surface area (Å²) in [6, 6.07) is 4.89. The lowest BCUT2D eigenvalue weighted by atomic mass is 10.2. The first-order valence-electron chi connectivity index (χ1n) is 5.78. The van der Waals surface area contributed by atoms with Gasteiger partial charge in [-0.25, -0.2) is 0 Å². The Kier molecular flexibility index (Phi) is 4.06. The molecule has 2 heterocycles. The van der Waals surface area contributed by atoms with Crippen molar-refractivity contribution in [2.45, 2.75) is 18.6 Å². The lowest BCUT2D eigenvalue weighted by Gasteiger charge is -2.17. The normalized spacial score (nSPS) is 12.2. The maximum absolute atomic E-state index is 13.2. The SMILES string of the molecule is N#Cc1ccn(Cc2csc(C(F)(F)C(F)(F)F)c2)c(=O)c1. The molecule has 0 atom stereocenters. The monoisotopic (exact) mass is 334 g/mol. The second-order valence-corrected chi connectivity index (χ2v) is 5.30. The van der Waals surface area contributed by atoms with Crippen LogP contribution in [0.3, 0.4) is 0 Å². The number of rotatable bonds is 3. The summed E-state index contributed by atoms with van der Waals surface area (Å²) in [4.78, 5) is 10.5. The lowest BCUT2D eigenvalue weighted by molar-refractivity contribution is -0.287. The van der Waals surface area contributed by atoms with E-state index < -0.39 is 22.5 Å². The molecule has 0 fully saturated rings. The van der Waals surface area contributed by atoms with E-state index in [1.165, 1.54) is 12.3 Å². The van der Waals surface area contributed by atoms with Crippen LogP contribution in [0.25, 0.3) is 0 Å². The number of halogens is 5. The van der Waals surface area contributed by atoms with Gasteiger partial charge in [0.05, 0.1) is 23.1 Å². The van der Waals surface area contributed by atoms with E-state index in [1.807, 2.05) is 0 Å². The molecule has 2 rings (SSSR count). The van der Waals surface area contributed by atoms with E-state index in [1.54, 1.807) is 6.07 Å². The molecule has 0 N–H and O–H groups in total. The molecule has 0 amide bonds. The first-order valence-corrected chi connectivity index (χ1v) is 6.66. The standard InChI is InChI=1S/C13H7F5N2OS/c14-12(15,13(16,17)18)10-3-9(7-22-10)6-20-2-1-8(5-19)4-11(20)21/h1-4,7H,6H2. The summed E-state index contributed by atoms with van der Waals surface area (Å²) >= 11 is 0.278. The highest BCUT2D eigenvalue weighted by atomic mass is 32.1. The third-order valence-corrected chi connectivity index (χ3v) is 3.85. The molecule has 0 aromatic carbocycles. The van der Waals surface area contributed by atoms with Crippen LogP contribution in [0.5, 0.6) is 0 Å². The molecule has 0 spiro atoms. The molecule has 0 unspecified atom stereocenters. The van der Waals surface area contributed by atoms with Crippen molar-refractivity contribution < 1.29 is 22.0 Å². The van der Waals surface area contributed by atoms with E-state index in [4.69, 9.17) is 5.26 Å². The van der Waals surface area contributed by atoms with Gasteiger partial charge in [0, 0.05) is 12.3 Å². The summed E-state index contributed by atoms with van der Waals surface area (Å²) in [6.45, 7) is -0.158. The summed E-state index contributed by atoms with van der Waals surface area (Å²) in [7, 11) is 0. The van der Waals surface area contributed by atoms with Crippen molar-refractivity contribution in [2.75, 3.05) is 0 Å². The topological polar surface area (TPSA) is 45.8 Å². The molecule has 0 bridgehead atoms. The molecule has 116 valence electrons. The van der Waals surface area contributed by atoms with Gasteiger partial charge in [-0.1, -0.05) is 0 Å². The first kappa shape index (κ1) is 16.2. The van der Waals surface area contributed by atoms with E-state index in [-0.39, 0.29) is 29.0 Å². The molecule has 22 heavy (non-hydrogen) atoms. The number of pyridine rings is 1. The predicted molar refractivity (Wildman–Crippen MR) is 68.8 cm³/mol. The van der Waals surface area contributed by atoms with E-state index in [2.05, 4.69) is 0 Å². The molecule has 0 saturated carbocycles. The van der Waals surface area contributed by atoms with Gasteiger partial charge in [-0.05, 0) is 23.1 Å². The fraction of sp³-hybridized carbons (Fsp3) is 0.231. The Morgan fingerprint density at radius 1 is 1.23 bits per heavy atom. The van der Waals surface area contributed by atoms with Gasteiger partial charge in [0.1, 0.15) is 0 Å². The molecule has 0 radical (unpaired) electrons. The fourth-order valence-corrected chi connectivity index (χ4v) is 2.57. The van der Waals surface area contributed by atoms with Gasteiger partial charge in [-0.2, -0.15) is 27.2 Å². The van der Waals surface area contributed by atoms with Crippen LogP contribution in [-0.4, -0.2) is 10.7 Å². The van der Waals surface area contributed by atoms with E-state index in [0.717, 1.165) is 22.1 Å². The van der Waals surface area contributed by atoms with Gasteiger partial charge in [0.15, 0.2) is 0 Å². The molecule has 2 aromatic rings. The van der Waals surface area contributed by atoms with E-state index >= 15 is 0 Å². The average Bonchev–Trinajstić information content (AvgIpc) is 2.89. The molecule has 0 aliphatic heterocycles. The molecule has 2 aromatic heterocycles. The van der Waals surface area contributed by atoms with Crippen LogP contribution in [0.2, 0.25) is 0 Å². The largest absolute Gasteiger partial charge is 0.458 e. The van der Waals surface area contributed by atoms with Gasteiger partial charge >= 0.3 is 12.1 Å². The van der Waals surface area contributed by atoms with Crippen molar-refractivity contribution in [3.05, 3.63) is 56.1 Å². The second kappa shape index (κ2) is 5.53. The Hall–Kier alpha value is -2.21. The zero-order chi connectivity index (χ0) is 16.5. The van der Waals surface area contributed by atoms with E-state index in [9.17, 15) is 26.7 Å². The minimum absolute atomic E-state index is 0.135. The van der Waals surface area contributed by atoms with Crippen molar-refractivity contribution in [2.24, 2.45) is 0 Å². The van der Waals surface area contributed by atoms with Crippen LogP contribution in [0.15, 0.2) is 34.6 Å². The van der Waals surface area contributed by atoms with Crippen LogP contribution in [0.4, 0.5) is 22.0 Å². The third kappa shape index (κ3) is 3.01. The van der Waals surface area contributed by atoms with Crippen molar-refractivity contribution in [1.29, 1.82) is 5.26 Å². The molecule has 0 saturated heterocycles. The lowest BCUT2D eigenvalue weighted by Crippen LogP contribution is -2.32. The maximum Gasteiger partial charge on any atom is 0.458 e. The minimum atomic E-state index is -5.67. The number of nitriles is 1. The van der Waals surface area contributed by atoms with Gasteiger partial charge in [0.25, 0.3) is 5.56 Å². The number of hydrogen-bond donors (Lipinski definition) is 0. The molecular weight excluding hydrogens is 327 g/mol. The quantitative estimate of drug-likeness (QED) is 0.807. The highest BCUT2D eigenvalue weighted by molar-refractivity contribution is 7.10. The summed E-state index contributed by atoms with van der Waals surface area (Å²) in [6.07, 6.45) is -4.39. The Balaban J connectivity index is 2.27.